The van der Waals surface area contributed by atoms with Gasteiger partial charge in [0.1, 0.15) is 23.0 Å². The van der Waals surface area contributed by atoms with Crippen molar-refractivity contribution in [2.24, 2.45) is 0 Å². The van der Waals surface area contributed by atoms with Gasteiger partial charge in [-0.15, -0.1) is 0 Å². The lowest BCUT2D eigenvalue weighted by molar-refractivity contribution is 0.192. The van der Waals surface area contributed by atoms with Crippen LogP contribution < -0.4 is 14.2 Å². The fourth-order valence-corrected chi connectivity index (χ4v) is 3.33. The summed E-state index contributed by atoms with van der Waals surface area (Å²) < 4.78 is 24.2. The molecule has 0 saturated heterocycles. The molecule has 0 radical (unpaired) electrons. The first-order valence-corrected chi connectivity index (χ1v) is 11.8. The van der Waals surface area contributed by atoms with Gasteiger partial charge in [0.05, 0.1) is 19.8 Å². The molecule has 0 atom stereocenters. The molecule has 0 bridgehead atoms. The number of benzene rings is 2. The highest BCUT2D eigenvalue weighted by Crippen LogP contribution is 2.37. The fraction of sp³-hybridized carbons (Fsp3) is 0.481. The van der Waals surface area contributed by atoms with Crippen LogP contribution in [0.15, 0.2) is 48.2 Å². The third kappa shape index (κ3) is 6.68. The summed E-state index contributed by atoms with van der Waals surface area (Å²) in [5.41, 5.74) is 2.12. The fourth-order valence-electron chi connectivity index (χ4n) is 3.33. The van der Waals surface area contributed by atoms with Crippen LogP contribution in [-0.4, -0.2) is 19.8 Å². The van der Waals surface area contributed by atoms with Crippen molar-refractivity contribution in [3.63, 3.8) is 0 Å². The molecule has 0 saturated carbocycles. The van der Waals surface area contributed by atoms with E-state index in [1.54, 1.807) is 0 Å². The van der Waals surface area contributed by atoms with Gasteiger partial charge in [0.2, 0.25) is 0 Å². The molecule has 2 aromatic rings. The molecule has 0 amide bonds. The van der Waals surface area contributed by atoms with E-state index >= 15 is 0 Å². The van der Waals surface area contributed by atoms with E-state index < -0.39 is 0 Å². The molecule has 31 heavy (non-hydrogen) atoms. The minimum atomic E-state index is 0.699. The molecular weight excluding hydrogens is 388 g/mol. The van der Waals surface area contributed by atoms with Crippen molar-refractivity contribution in [3.8, 4) is 17.2 Å². The van der Waals surface area contributed by atoms with Gasteiger partial charge in [-0.05, 0) is 49.6 Å². The molecule has 0 aliphatic carbocycles. The maximum atomic E-state index is 6.38. The van der Waals surface area contributed by atoms with Crippen LogP contribution in [0.2, 0.25) is 0 Å². The van der Waals surface area contributed by atoms with Crippen LogP contribution in [0.1, 0.15) is 70.4 Å². The summed E-state index contributed by atoms with van der Waals surface area (Å²) in [5.74, 6) is 4.25. The molecule has 3 rings (SSSR count). The van der Waals surface area contributed by atoms with Crippen LogP contribution in [0.4, 0.5) is 0 Å². The van der Waals surface area contributed by atoms with E-state index in [4.69, 9.17) is 18.9 Å². The Morgan fingerprint density at radius 2 is 1.29 bits per heavy atom. The van der Waals surface area contributed by atoms with Gasteiger partial charge in [0, 0.05) is 23.6 Å². The van der Waals surface area contributed by atoms with Gasteiger partial charge in [-0.3, -0.25) is 0 Å². The summed E-state index contributed by atoms with van der Waals surface area (Å²) >= 11 is 0. The Bertz CT molecular complexity index is 839. The second kappa shape index (κ2) is 12.3. The van der Waals surface area contributed by atoms with Gasteiger partial charge in [-0.25, -0.2) is 0 Å². The first-order valence-electron chi connectivity index (χ1n) is 11.8. The number of ether oxygens (including phenoxy) is 4. The molecule has 4 nitrogen and oxygen atoms in total. The molecule has 0 spiro atoms. The van der Waals surface area contributed by atoms with Crippen molar-refractivity contribution in [1.29, 1.82) is 0 Å². The Balaban J connectivity index is 1.79. The minimum Gasteiger partial charge on any atom is -0.494 e. The quantitative estimate of drug-likeness (QED) is 0.320. The van der Waals surface area contributed by atoms with Gasteiger partial charge < -0.3 is 18.9 Å². The Labute approximate surface area is 187 Å². The van der Waals surface area contributed by atoms with Crippen molar-refractivity contribution < 1.29 is 18.9 Å². The summed E-state index contributed by atoms with van der Waals surface area (Å²) in [6.07, 6.45) is 7.20. The number of hydrogen-bond donors (Lipinski definition) is 0. The molecule has 0 fully saturated rings. The van der Waals surface area contributed by atoms with Crippen LogP contribution in [0.3, 0.4) is 0 Å². The zero-order chi connectivity index (χ0) is 21.9. The maximum Gasteiger partial charge on any atom is 0.172 e. The monoisotopic (exact) mass is 424 g/mol. The number of unbranched alkanes of at least 4 members (excludes halogenated alkanes) is 3. The van der Waals surface area contributed by atoms with Crippen LogP contribution in [0.25, 0.3) is 5.76 Å². The largest absolute Gasteiger partial charge is 0.494 e. The Kier molecular flexibility index (Phi) is 9.14. The summed E-state index contributed by atoms with van der Waals surface area (Å²) in [7, 11) is 0. The van der Waals surface area contributed by atoms with E-state index in [-0.39, 0.29) is 0 Å². The molecule has 168 valence electrons. The topological polar surface area (TPSA) is 36.9 Å². The zero-order valence-corrected chi connectivity index (χ0v) is 19.2. The van der Waals surface area contributed by atoms with Gasteiger partial charge in [0.25, 0.3) is 0 Å². The van der Waals surface area contributed by atoms with Crippen molar-refractivity contribution in [3.05, 3.63) is 59.4 Å². The smallest absolute Gasteiger partial charge is 0.172 e. The predicted octanol–water partition coefficient (Wildman–Crippen LogP) is 7.16. The summed E-state index contributed by atoms with van der Waals surface area (Å²) in [5, 5.41) is 0. The van der Waals surface area contributed by atoms with E-state index in [9.17, 15) is 0 Å². The number of allylic oxidation sites excluding steroid dienone is 1. The third-order valence-electron chi connectivity index (χ3n) is 5.28. The average Bonchev–Trinajstić information content (AvgIpc) is 2.80. The standard InChI is InChI=1S/C27H36O4/c1-4-7-16-28-23-13-10-21(11-14-23)27-26(30-18-9-6-3)19-22-12-15-24(20-25(22)31-27)29-17-8-5-2/h10-15,20H,4-9,16-19H2,1-3H3. The lowest BCUT2D eigenvalue weighted by atomic mass is 10.0. The van der Waals surface area contributed by atoms with E-state index in [2.05, 4.69) is 26.8 Å². The number of fused-ring (bicyclic) bond motifs is 1. The van der Waals surface area contributed by atoms with Crippen molar-refractivity contribution in [2.75, 3.05) is 19.8 Å². The molecule has 2 aromatic carbocycles. The molecule has 0 N–H and O–H groups in total. The second-order valence-electron chi connectivity index (χ2n) is 7.93. The molecule has 0 unspecified atom stereocenters. The van der Waals surface area contributed by atoms with E-state index in [0.717, 1.165) is 98.1 Å². The summed E-state index contributed by atoms with van der Waals surface area (Å²) in [6.45, 7) is 8.67. The molecule has 0 aromatic heterocycles. The van der Waals surface area contributed by atoms with Gasteiger partial charge in [-0.2, -0.15) is 0 Å². The minimum absolute atomic E-state index is 0.699. The molecule has 1 aliphatic heterocycles. The lowest BCUT2D eigenvalue weighted by Crippen LogP contribution is -2.13. The van der Waals surface area contributed by atoms with Crippen molar-refractivity contribution >= 4 is 5.76 Å². The van der Waals surface area contributed by atoms with Gasteiger partial charge in [0.15, 0.2) is 5.76 Å². The van der Waals surface area contributed by atoms with Crippen LogP contribution in [0.5, 0.6) is 17.2 Å². The highest BCUT2D eigenvalue weighted by molar-refractivity contribution is 5.68. The first-order chi connectivity index (χ1) is 15.2. The molecule has 1 aliphatic rings. The Hall–Kier alpha value is -2.62. The lowest BCUT2D eigenvalue weighted by Gasteiger charge is -2.24. The normalized spacial score (nSPS) is 12.9. The van der Waals surface area contributed by atoms with E-state index in [1.807, 2.05) is 36.4 Å². The van der Waals surface area contributed by atoms with Crippen LogP contribution in [-0.2, 0) is 11.2 Å². The second-order valence-corrected chi connectivity index (χ2v) is 7.93. The van der Waals surface area contributed by atoms with Gasteiger partial charge >= 0.3 is 0 Å². The molecule has 4 heteroatoms. The highest BCUT2D eigenvalue weighted by atomic mass is 16.5. The summed E-state index contributed by atoms with van der Waals surface area (Å²) in [4.78, 5) is 0. The Morgan fingerprint density at radius 1 is 0.710 bits per heavy atom. The van der Waals surface area contributed by atoms with E-state index in [0.29, 0.717) is 6.61 Å². The Morgan fingerprint density at radius 3 is 1.94 bits per heavy atom. The average molecular weight is 425 g/mol. The summed E-state index contributed by atoms with van der Waals surface area (Å²) in [6, 6.07) is 14.2. The first kappa shape index (κ1) is 23.1. The predicted molar refractivity (Wildman–Crippen MR) is 126 cm³/mol. The van der Waals surface area contributed by atoms with Gasteiger partial charge in [-0.1, -0.05) is 46.1 Å². The highest BCUT2D eigenvalue weighted by Gasteiger charge is 2.23. The van der Waals surface area contributed by atoms with Crippen LogP contribution in [0, 0.1) is 0 Å². The number of rotatable bonds is 13. The third-order valence-corrected chi connectivity index (χ3v) is 5.28. The SMILES string of the molecule is CCCCOC1=C(c2ccc(OCCCC)cc2)Oc2cc(OCCCC)ccc2C1. The zero-order valence-electron chi connectivity index (χ0n) is 19.2. The van der Waals surface area contributed by atoms with Crippen molar-refractivity contribution in [1.82, 2.24) is 0 Å². The number of hydrogen-bond acceptors (Lipinski definition) is 4. The molecular formula is C27H36O4. The van der Waals surface area contributed by atoms with E-state index in [1.165, 1.54) is 0 Å². The van der Waals surface area contributed by atoms with Crippen molar-refractivity contribution in [2.45, 2.75) is 65.7 Å². The molecule has 1 heterocycles. The van der Waals surface area contributed by atoms with Crippen LogP contribution >= 0.6 is 0 Å². The maximum absolute atomic E-state index is 6.38.